The minimum atomic E-state index is -0.105. The van der Waals surface area contributed by atoms with Crippen LogP contribution in [-0.2, 0) is 4.74 Å². The highest BCUT2D eigenvalue weighted by molar-refractivity contribution is 5.74. The van der Waals surface area contributed by atoms with Crippen LogP contribution < -0.4 is 10.6 Å². The first-order valence-corrected chi connectivity index (χ1v) is 8.48. The topological polar surface area (TPSA) is 53.6 Å². The third-order valence-corrected chi connectivity index (χ3v) is 4.35. The van der Waals surface area contributed by atoms with Gasteiger partial charge in [0.25, 0.3) is 0 Å². The molecule has 23 heavy (non-hydrogen) atoms. The zero-order valence-corrected chi connectivity index (χ0v) is 14.5. The van der Waals surface area contributed by atoms with Gasteiger partial charge in [-0.15, -0.1) is 0 Å². The molecule has 0 saturated carbocycles. The average molecular weight is 319 g/mol. The van der Waals surface area contributed by atoms with Crippen LogP contribution in [0.5, 0.6) is 0 Å². The molecule has 128 valence electrons. The maximum atomic E-state index is 12.1. The van der Waals surface area contributed by atoms with E-state index < -0.39 is 0 Å². The zero-order chi connectivity index (χ0) is 16.7. The fourth-order valence-electron chi connectivity index (χ4n) is 3.18. The zero-order valence-electron chi connectivity index (χ0n) is 14.5. The highest BCUT2D eigenvalue weighted by atomic mass is 16.5. The predicted octanol–water partition coefficient (Wildman–Crippen LogP) is 2.39. The van der Waals surface area contributed by atoms with Crippen molar-refractivity contribution in [2.45, 2.75) is 33.2 Å². The van der Waals surface area contributed by atoms with E-state index in [0.29, 0.717) is 6.54 Å². The van der Waals surface area contributed by atoms with Gasteiger partial charge in [0.05, 0.1) is 12.6 Å². The molecule has 1 fully saturated rings. The van der Waals surface area contributed by atoms with Crippen molar-refractivity contribution in [2.24, 2.45) is 0 Å². The van der Waals surface area contributed by atoms with E-state index in [9.17, 15) is 4.79 Å². The number of hydrogen-bond acceptors (Lipinski definition) is 3. The molecule has 5 nitrogen and oxygen atoms in total. The lowest BCUT2D eigenvalue weighted by molar-refractivity contribution is 0.141. The standard InChI is InChI=1S/C18H29N3O2/c1-14-6-4-7-15(2)17(14)16(3)20-18(22)19-8-10-21-9-5-12-23-13-11-21/h4,6-7,16H,5,8-13H2,1-3H3,(H2,19,20,22)/t16-/m1/s1. The van der Waals surface area contributed by atoms with Gasteiger partial charge < -0.3 is 15.4 Å². The second kappa shape index (κ2) is 8.89. The van der Waals surface area contributed by atoms with Gasteiger partial charge in [-0.3, -0.25) is 4.90 Å². The van der Waals surface area contributed by atoms with Gasteiger partial charge in [-0.05, 0) is 43.9 Å². The van der Waals surface area contributed by atoms with Gasteiger partial charge >= 0.3 is 6.03 Å². The van der Waals surface area contributed by atoms with Crippen LogP contribution in [0, 0.1) is 13.8 Å². The molecule has 0 radical (unpaired) electrons. The van der Waals surface area contributed by atoms with Crippen molar-refractivity contribution < 1.29 is 9.53 Å². The third-order valence-electron chi connectivity index (χ3n) is 4.35. The van der Waals surface area contributed by atoms with Crippen molar-refractivity contribution in [2.75, 3.05) is 39.4 Å². The van der Waals surface area contributed by atoms with Gasteiger partial charge in [-0.2, -0.15) is 0 Å². The first-order chi connectivity index (χ1) is 11.1. The maximum absolute atomic E-state index is 12.1. The van der Waals surface area contributed by atoms with E-state index in [4.69, 9.17) is 4.74 Å². The normalized spacial score (nSPS) is 17.3. The summed E-state index contributed by atoms with van der Waals surface area (Å²) in [6.07, 6.45) is 1.07. The van der Waals surface area contributed by atoms with Crippen LogP contribution in [0.2, 0.25) is 0 Å². The number of ether oxygens (including phenoxy) is 1. The second-order valence-electron chi connectivity index (χ2n) is 6.23. The number of nitrogens with one attached hydrogen (secondary N) is 2. The van der Waals surface area contributed by atoms with Crippen molar-refractivity contribution in [1.29, 1.82) is 0 Å². The third kappa shape index (κ3) is 5.52. The Hall–Kier alpha value is -1.59. The van der Waals surface area contributed by atoms with Crippen LogP contribution >= 0.6 is 0 Å². The lowest BCUT2D eigenvalue weighted by Gasteiger charge is -2.21. The second-order valence-corrected chi connectivity index (χ2v) is 6.23. The molecule has 1 heterocycles. The van der Waals surface area contributed by atoms with E-state index in [1.165, 1.54) is 16.7 Å². The van der Waals surface area contributed by atoms with E-state index in [2.05, 4.69) is 41.5 Å². The molecule has 0 unspecified atom stereocenters. The van der Waals surface area contributed by atoms with Crippen LogP contribution in [0.25, 0.3) is 0 Å². The number of hydrogen-bond donors (Lipinski definition) is 2. The molecular weight excluding hydrogens is 290 g/mol. The van der Waals surface area contributed by atoms with Crippen LogP contribution in [0.4, 0.5) is 4.79 Å². The Bertz CT molecular complexity index is 491. The lowest BCUT2D eigenvalue weighted by Crippen LogP contribution is -2.42. The summed E-state index contributed by atoms with van der Waals surface area (Å²) in [4.78, 5) is 14.4. The number of carbonyl (C=O) groups excluding carboxylic acids is 1. The number of carbonyl (C=O) groups is 1. The van der Waals surface area contributed by atoms with Crippen molar-refractivity contribution in [1.82, 2.24) is 15.5 Å². The first-order valence-electron chi connectivity index (χ1n) is 8.48. The average Bonchev–Trinajstić information content (AvgIpc) is 2.75. The van der Waals surface area contributed by atoms with Crippen LogP contribution in [-0.4, -0.2) is 50.3 Å². The molecule has 1 saturated heterocycles. The van der Waals surface area contributed by atoms with Gasteiger partial charge in [-0.25, -0.2) is 4.79 Å². The van der Waals surface area contributed by atoms with E-state index in [1.807, 2.05) is 13.0 Å². The molecule has 1 aliphatic heterocycles. The minimum Gasteiger partial charge on any atom is -0.380 e. The van der Waals surface area contributed by atoms with Gasteiger partial charge in [0.15, 0.2) is 0 Å². The van der Waals surface area contributed by atoms with Gasteiger partial charge in [0, 0.05) is 32.8 Å². The lowest BCUT2D eigenvalue weighted by atomic mass is 9.97. The number of rotatable bonds is 5. The van der Waals surface area contributed by atoms with E-state index >= 15 is 0 Å². The maximum Gasteiger partial charge on any atom is 0.315 e. The molecule has 2 N–H and O–H groups in total. The molecule has 0 aromatic heterocycles. The van der Waals surface area contributed by atoms with Gasteiger partial charge in [0.1, 0.15) is 0 Å². The predicted molar refractivity (Wildman–Crippen MR) is 92.7 cm³/mol. The van der Waals surface area contributed by atoms with Gasteiger partial charge in [0.2, 0.25) is 0 Å². The summed E-state index contributed by atoms with van der Waals surface area (Å²) in [6.45, 7) is 11.3. The molecule has 2 amide bonds. The fourth-order valence-corrected chi connectivity index (χ4v) is 3.18. The highest BCUT2D eigenvalue weighted by Gasteiger charge is 2.14. The number of nitrogens with zero attached hydrogens (tertiary/aromatic N) is 1. The summed E-state index contributed by atoms with van der Waals surface area (Å²) < 4.78 is 5.43. The molecule has 2 rings (SSSR count). The molecule has 0 aliphatic carbocycles. The first kappa shape index (κ1) is 17.8. The Balaban J connectivity index is 1.75. The van der Waals surface area contributed by atoms with Crippen LogP contribution in [0.1, 0.15) is 36.1 Å². The summed E-state index contributed by atoms with van der Waals surface area (Å²) in [7, 11) is 0. The number of benzene rings is 1. The SMILES string of the molecule is Cc1cccc(C)c1[C@@H](C)NC(=O)NCCN1CCCOCC1. The monoisotopic (exact) mass is 319 g/mol. The Morgan fingerprint density at radius 3 is 2.74 bits per heavy atom. The smallest absolute Gasteiger partial charge is 0.315 e. The summed E-state index contributed by atoms with van der Waals surface area (Å²) >= 11 is 0. The van der Waals surface area contributed by atoms with Crippen molar-refractivity contribution in [3.63, 3.8) is 0 Å². The van der Waals surface area contributed by atoms with E-state index in [0.717, 1.165) is 39.3 Å². The largest absolute Gasteiger partial charge is 0.380 e. The number of amides is 2. The number of urea groups is 1. The molecule has 1 aliphatic rings. The Labute approximate surface area is 139 Å². The molecular formula is C18H29N3O2. The van der Waals surface area contributed by atoms with Crippen molar-refractivity contribution >= 4 is 6.03 Å². The molecule has 1 aromatic carbocycles. The fraction of sp³-hybridized carbons (Fsp3) is 0.611. The van der Waals surface area contributed by atoms with Gasteiger partial charge in [-0.1, -0.05) is 18.2 Å². The molecule has 5 heteroatoms. The Morgan fingerprint density at radius 2 is 2.00 bits per heavy atom. The molecule has 1 aromatic rings. The molecule has 0 bridgehead atoms. The quantitative estimate of drug-likeness (QED) is 0.876. The summed E-state index contributed by atoms with van der Waals surface area (Å²) in [5, 5.41) is 5.99. The summed E-state index contributed by atoms with van der Waals surface area (Å²) in [5.41, 5.74) is 3.62. The Morgan fingerprint density at radius 1 is 1.26 bits per heavy atom. The van der Waals surface area contributed by atoms with Crippen LogP contribution in [0.15, 0.2) is 18.2 Å². The summed E-state index contributed by atoms with van der Waals surface area (Å²) in [6, 6.07) is 6.11. The van der Waals surface area contributed by atoms with E-state index in [1.54, 1.807) is 0 Å². The van der Waals surface area contributed by atoms with Crippen molar-refractivity contribution in [3.8, 4) is 0 Å². The highest BCUT2D eigenvalue weighted by Crippen LogP contribution is 2.21. The van der Waals surface area contributed by atoms with E-state index in [-0.39, 0.29) is 12.1 Å². The van der Waals surface area contributed by atoms with Crippen molar-refractivity contribution in [3.05, 3.63) is 34.9 Å². The molecule has 0 spiro atoms. The summed E-state index contributed by atoms with van der Waals surface area (Å²) in [5.74, 6) is 0. The number of aryl methyl sites for hydroxylation is 2. The molecule has 1 atom stereocenters. The minimum absolute atomic E-state index is 0.00258. The Kier molecular flexibility index (Phi) is 6.86. The van der Waals surface area contributed by atoms with Crippen LogP contribution in [0.3, 0.4) is 0 Å².